The van der Waals surface area contributed by atoms with Gasteiger partial charge in [0.2, 0.25) is 0 Å². The molecule has 0 spiro atoms. The minimum atomic E-state index is -0.677. The molecule has 0 aromatic carbocycles. The van der Waals surface area contributed by atoms with Gasteiger partial charge in [0.25, 0.3) is 5.56 Å². The molecule has 0 radical (unpaired) electrons. The molecule has 3 rings (SSSR count). The van der Waals surface area contributed by atoms with Crippen LogP contribution in [0.2, 0.25) is 0 Å². The number of methoxy groups -OCH3 is 1. The summed E-state index contributed by atoms with van der Waals surface area (Å²) in [7, 11) is 1.30. The maximum atomic E-state index is 12.4. The number of aromatic nitrogens is 1. The summed E-state index contributed by atoms with van der Waals surface area (Å²) >= 11 is 0. The lowest BCUT2D eigenvalue weighted by Gasteiger charge is -2.42. The maximum absolute atomic E-state index is 12.4. The third kappa shape index (κ3) is 2.95. The van der Waals surface area contributed by atoms with Crippen molar-refractivity contribution in [3.8, 4) is 0 Å². The highest BCUT2D eigenvalue weighted by Gasteiger charge is 2.36. The molecule has 0 unspecified atom stereocenters. The zero-order valence-corrected chi connectivity index (χ0v) is 13.3. The molecular formula is C16H21N3O4. The van der Waals surface area contributed by atoms with Gasteiger partial charge in [0.1, 0.15) is 6.04 Å². The van der Waals surface area contributed by atoms with Gasteiger partial charge in [-0.2, -0.15) is 0 Å². The number of fused-ring (bicyclic) bond motifs is 4. The van der Waals surface area contributed by atoms with Crippen molar-refractivity contribution in [2.75, 3.05) is 20.2 Å². The molecule has 1 aromatic heterocycles. The summed E-state index contributed by atoms with van der Waals surface area (Å²) in [5.74, 6) is -0.0384. The van der Waals surface area contributed by atoms with Crippen molar-refractivity contribution in [3.05, 3.63) is 34.2 Å². The Balaban J connectivity index is 1.74. The van der Waals surface area contributed by atoms with Crippen LogP contribution in [0.15, 0.2) is 23.0 Å². The summed E-state index contributed by atoms with van der Waals surface area (Å²) in [6.07, 6.45) is 0.986. The van der Waals surface area contributed by atoms with Crippen molar-refractivity contribution in [2.45, 2.75) is 31.8 Å². The quantitative estimate of drug-likeness (QED) is 0.807. The fourth-order valence-corrected chi connectivity index (χ4v) is 3.57. The molecule has 1 fully saturated rings. The van der Waals surface area contributed by atoms with E-state index < -0.39 is 12.0 Å². The first-order valence-corrected chi connectivity index (χ1v) is 7.82. The van der Waals surface area contributed by atoms with Crippen molar-refractivity contribution in [3.63, 3.8) is 0 Å². The molecule has 2 amide bonds. The number of esters is 1. The van der Waals surface area contributed by atoms with Crippen molar-refractivity contribution in [2.24, 2.45) is 5.92 Å². The van der Waals surface area contributed by atoms with Crippen LogP contribution in [0.1, 0.15) is 25.0 Å². The first-order valence-electron chi connectivity index (χ1n) is 7.82. The van der Waals surface area contributed by atoms with Gasteiger partial charge in [0.15, 0.2) is 0 Å². The molecular weight excluding hydrogens is 298 g/mol. The monoisotopic (exact) mass is 319 g/mol. The van der Waals surface area contributed by atoms with Crippen LogP contribution in [0.3, 0.4) is 0 Å². The number of nitrogens with one attached hydrogen (secondary N) is 1. The van der Waals surface area contributed by atoms with Crippen LogP contribution in [-0.2, 0) is 16.1 Å². The fraction of sp³-hybridized carbons (Fsp3) is 0.562. The number of carbonyl (C=O) groups is 2. The molecule has 2 aliphatic heterocycles. The molecule has 7 heteroatoms. The van der Waals surface area contributed by atoms with E-state index >= 15 is 0 Å². The van der Waals surface area contributed by atoms with E-state index in [2.05, 4.69) is 10.1 Å². The van der Waals surface area contributed by atoms with Crippen LogP contribution >= 0.6 is 0 Å². The van der Waals surface area contributed by atoms with Crippen LogP contribution in [0, 0.1) is 5.92 Å². The number of urea groups is 1. The van der Waals surface area contributed by atoms with Gasteiger partial charge in [-0.1, -0.05) is 6.07 Å². The molecule has 2 bridgehead atoms. The van der Waals surface area contributed by atoms with Crippen LogP contribution in [0.5, 0.6) is 0 Å². The van der Waals surface area contributed by atoms with E-state index in [-0.39, 0.29) is 23.4 Å². The lowest BCUT2D eigenvalue weighted by Crippen LogP contribution is -2.54. The molecule has 1 aromatic rings. The minimum Gasteiger partial charge on any atom is -0.467 e. The van der Waals surface area contributed by atoms with E-state index in [1.54, 1.807) is 24.0 Å². The van der Waals surface area contributed by atoms with Crippen molar-refractivity contribution >= 4 is 12.0 Å². The second-order valence-corrected chi connectivity index (χ2v) is 6.30. The van der Waals surface area contributed by atoms with Crippen LogP contribution in [0.25, 0.3) is 0 Å². The number of rotatable bonds is 2. The van der Waals surface area contributed by atoms with Gasteiger partial charge in [0, 0.05) is 37.3 Å². The predicted molar refractivity (Wildman–Crippen MR) is 83.1 cm³/mol. The summed E-state index contributed by atoms with van der Waals surface area (Å²) in [6.45, 7) is 3.39. The van der Waals surface area contributed by atoms with E-state index in [4.69, 9.17) is 0 Å². The fourth-order valence-electron chi connectivity index (χ4n) is 3.57. The Morgan fingerprint density at radius 3 is 2.83 bits per heavy atom. The first kappa shape index (κ1) is 15.6. The Morgan fingerprint density at radius 2 is 2.09 bits per heavy atom. The number of pyridine rings is 1. The number of piperidine rings is 1. The number of carbonyl (C=O) groups excluding carboxylic acids is 2. The number of ether oxygens (including phenoxy) is 1. The molecule has 7 nitrogen and oxygen atoms in total. The zero-order valence-electron chi connectivity index (χ0n) is 13.3. The number of likely N-dealkylation sites (tertiary alicyclic amines) is 1. The number of nitrogens with zero attached hydrogens (tertiary/aromatic N) is 2. The molecule has 3 heterocycles. The lowest BCUT2D eigenvalue weighted by molar-refractivity contribution is -0.142. The molecule has 3 atom stereocenters. The van der Waals surface area contributed by atoms with E-state index in [0.717, 1.165) is 12.1 Å². The summed E-state index contributed by atoms with van der Waals surface area (Å²) in [5, 5.41) is 2.67. The van der Waals surface area contributed by atoms with Gasteiger partial charge >= 0.3 is 12.0 Å². The summed E-state index contributed by atoms with van der Waals surface area (Å²) in [5.41, 5.74) is 1.02. The number of amides is 2. The molecule has 124 valence electrons. The van der Waals surface area contributed by atoms with Gasteiger partial charge in [0.05, 0.1) is 7.11 Å². The topological polar surface area (TPSA) is 80.6 Å². The normalized spacial score (nSPS) is 23.7. The first-order chi connectivity index (χ1) is 11.0. The predicted octanol–water partition coefficient (Wildman–Crippen LogP) is 0.538. The van der Waals surface area contributed by atoms with Gasteiger partial charge in [-0.15, -0.1) is 0 Å². The zero-order chi connectivity index (χ0) is 16.6. The lowest BCUT2D eigenvalue weighted by atomic mass is 9.83. The number of hydrogen-bond acceptors (Lipinski definition) is 4. The van der Waals surface area contributed by atoms with Crippen LogP contribution < -0.4 is 10.9 Å². The van der Waals surface area contributed by atoms with E-state index in [9.17, 15) is 14.4 Å². The maximum Gasteiger partial charge on any atom is 0.328 e. The average Bonchev–Trinajstić information content (AvgIpc) is 2.54. The van der Waals surface area contributed by atoms with E-state index in [1.165, 1.54) is 7.11 Å². The second kappa shape index (κ2) is 6.06. The smallest absolute Gasteiger partial charge is 0.328 e. The molecule has 0 aliphatic carbocycles. The third-order valence-electron chi connectivity index (χ3n) is 4.66. The Bertz CT molecular complexity index is 684. The minimum absolute atomic E-state index is 0.0226. The Kier molecular flexibility index (Phi) is 4.11. The standard InChI is InChI=1S/C16H21N3O4/c1-10(15(21)23-2)17-16(22)18-7-11-6-12(9-18)13-4-3-5-14(20)19(13)8-11/h3-5,10-12H,6-9H2,1-2H3,(H,17,22)/t10-,11-,12-/m1/s1. The van der Waals surface area contributed by atoms with Crippen molar-refractivity contribution in [1.29, 1.82) is 0 Å². The Morgan fingerprint density at radius 1 is 1.30 bits per heavy atom. The highest BCUT2D eigenvalue weighted by molar-refractivity contribution is 5.83. The Labute approximate surface area is 134 Å². The van der Waals surface area contributed by atoms with Gasteiger partial charge < -0.3 is 19.5 Å². The average molecular weight is 319 g/mol. The van der Waals surface area contributed by atoms with Crippen molar-refractivity contribution in [1.82, 2.24) is 14.8 Å². The van der Waals surface area contributed by atoms with E-state index in [0.29, 0.717) is 19.6 Å². The number of hydrogen-bond donors (Lipinski definition) is 1. The highest BCUT2D eigenvalue weighted by atomic mass is 16.5. The van der Waals surface area contributed by atoms with Crippen LogP contribution in [-0.4, -0.2) is 47.7 Å². The van der Waals surface area contributed by atoms with Gasteiger partial charge in [-0.05, 0) is 25.3 Å². The summed E-state index contributed by atoms with van der Waals surface area (Å²) in [6, 6.07) is 4.37. The molecule has 23 heavy (non-hydrogen) atoms. The van der Waals surface area contributed by atoms with Gasteiger partial charge in [-0.25, -0.2) is 9.59 Å². The Hall–Kier alpha value is -2.31. The largest absolute Gasteiger partial charge is 0.467 e. The van der Waals surface area contributed by atoms with Gasteiger partial charge in [-0.3, -0.25) is 4.79 Å². The second-order valence-electron chi connectivity index (χ2n) is 6.30. The van der Waals surface area contributed by atoms with Crippen LogP contribution in [0.4, 0.5) is 4.79 Å². The molecule has 0 saturated carbocycles. The van der Waals surface area contributed by atoms with E-state index in [1.807, 2.05) is 10.6 Å². The third-order valence-corrected chi connectivity index (χ3v) is 4.66. The summed E-state index contributed by atoms with van der Waals surface area (Å²) in [4.78, 5) is 37.5. The summed E-state index contributed by atoms with van der Waals surface area (Å²) < 4.78 is 6.45. The SMILES string of the molecule is COC(=O)[C@@H](C)NC(=O)N1C[C@H]2C[C@H](C1)c1cccc(=O)n1C2. The molecule has 1 N–H and O–H groups in total. The highest BCUT2D eigenvalue weighted by Crippen LogP contribution is 2.34. The molecule has 1 saturated heterocycles. The van der Waals surface area contributed by atoms with Crippen molar-refractivity contribution < 1.29 is 14.3 Å². The molecule has 2 aliphatic rings.